The molecule has 2 nitrogen and oxygen atoms in total. The van der Waals surface area contributed by atoms with Crippen LogP contribution in [0.2, 0.25) is 0 Å². The van der Waals surface area contributed by atoms with Gasteiger partial charge in [0.2, 0.25) is 9.03 Å². The minimum atomic E-state index is -0.662. The van der Waals surface area contributed by atoms with Crippen molar-refractivity contribution in [3.05, 3.63) is 101 Å². The predicted molar refractivity (Wildman–Crippen MR) is 189 cm³/mol. The Labute approximate surface area is 262 Å². The SMILES string of the molecule is CC(C)(C)c1cccc(C(C)(C)C)c1-c1ccc(OPO)c(-c2c(C(C)(C)C)cccc2C(C)(C)C)c1-c1ccccc1. The van der Waals surface area contributed by atoms with Gasteiger partial charge in [0.1, 0.15) is 5.75 Å². The van der Waals surface area contributed by atoms with Crippen molar-refractivity contribution in [1.29, 1.82) is 0 Å². The summed E-state index contributed by atoms with van der Waals surface area (Å²) in [7, 11) is -0.662. The van der Waals surface area contributed by atoms with E-state index in [0.29, 0.717) is 5.75 Å². The van der Waals surface area contributed by atoms with Crippen molar-refractivity contribution in [2.45, 2.75) is 105 Å². The molecular formula is C40H51O2P. The quantitative estimate of drug-likeness (QED) is 0.233. The van der Waals surface area contributed by atoms with Crippen molar-refractivity contribution < 1.29 is 9.42 Å². The first-order valence-electron chi connectivity index (χ1n) is 15.4. The van der Waals surface area contributed by atoms with Gasteiger partial charge in [-0.2, -0.15) is 0 Å². The molecule has 0 saturated heterocycles. The van der Waals surface area contributed by atoms with Gasteiger partial charge < -0.3 is 9.42 Å². The van der Waals surface area contributed by atoms with Crippen LogP contribution < -0.4 is 4.52 Å². The van der Waals surface area contributed by atoms with Gasteiger partial charge in [0.05, 0.1) is 0 Å². The molecular weight excluding hydrogens is 543 g/mol. The first-order chi connectivity index (χ1) is 19.9. The molecule has 4 aromatic carbocycles. The standard InChI is InChI=1S/C40H51O2P/c1-37(2,3)28-20-16-21-29(38(4,5)6)34(28)27-24-25-32(42-43-41)36(33(27)26-18-14-13-15-19-26)35-30(39(7,8)9)22-17-23-31(35)40(10,11)12/h13-25,41,43H,1-12H3. The maximum atomic E-state index is 10.2. The summed E-state index contributed by atoms with van der Waals surface area (Å²) in [6, 6.07) is 28.5. The summed E-state index contributed by atoms with van der Waals surface area (Å²) < 4.78 is 6.16. The van der Waals surface area contributed by atoms with Crippen LogP contribution in [-0.2, 0) is 21.7 Å². The van der Waals surface area contributed by atoms with E-state index in [2.05, 4.69) is 162 Å². The van der Waals surface area contributed by atoms with Crippen molar-refractivity contribution in [1.82, 2.24) is 0 Å². The summed E-state index contributed by atoms with van der Waals surface area (Å²) in [5.41, 5.74) is 11.7. The molecule has 1 unspecified atom stereocenters. The molecule has 1 N–H and O–H groups in total. The summed E-state index contributed by atoms with van der Waals surface area (Å²) in [5.74, 6) is 0.705. The van der Waals surface area contributed by atoms with E-state index in [9.17, 15) is 4.89 Å². The fourth-order valence-corrected chi connectivity index (χ4v) is 6.51. The first kappa shape index (κ1) is 33.0. The maximum Gasteiger partial charge on any atom is 0.212 e. The molecule has 4 aromatic rings. The van der Waals surface area contributed by atoms with Crippen LogP contribution in [-0.4, -0.2) is 4.89 Å². The van der Waals surface area contributed by atoms with Crippen molar-refractivity contribution in [2.75, 3.05) is 0 Å². The Morgan fingerprint density at radius 3 is 1.26 bits per heavy atom. The molecule has 0 aliphatic rings. The molecule has 0 bridgehead atoms. The van der Waals surface area contributed by atoms with E-state index in [1.807, 2.05) is 0 Å². The van der Waals surface area contributed by atoms with Crippen molar-refractivity contribution in [3.63, 3.8) is 0 Å². The van der Waals surface area contributed by atoms with E-state index in [1.165, 1.54) is 38.9 Å². The van der Waals surface area contributed by atoms with Crippen LogP contribution >= 0.6 is 9.03 Å². The molecule has 0 fully saturated rings. The summed E-state index contributed by atoms with van der Waals surface area (Å²) in [6.45, 7) is 27.5. The van der Waals surface area contributed by atoms with E-state index in [0.717, 1.165) is 16.7 Å². The van der Waals surface area contributed by atoms with Gasteiger partial charge in [0, 0.05) is 11.1 Å². The third-order valence-corrected chi connectivity index (χ3v) is 8.58. The molecule has 0 aliphatic carbocycles. The number of hydrogen-bond donors (Lipinski definition) is 1. The van der Waals surface area contributed by atoms with Gasteiger partial charge in [-0.05, 0) is 78.3 Å². The number of hydrogen-bond acceptors (Lipinski definition) is 2. The fraction of sp³-hybridized carbons (Fsp3) is 0.400. The molecule has 0 radical (unpaired) electrons. The summed E-state index contributed by atoms with van der Waals surface area (Å²) in [4.78, 5) is 10.2. The van der Waals surface area contributed by atoms with Crippen LogP contribution in [0.3, 0.4) is 0 Å². The molecule has 4 rings (SSSR count). The van der Waals surface area contributed by atoms with Gasteiger partial charge in [-0.25, -0.2) is 0 Å². The third-order valence-electron chi connectivity index (χ3n) is 8.27. The summed E-state index contributed by atoms with van der Waals surface area (Å²) in [5, 5.41) is 0. The highest BCUT2D eigenvalue weighted by Gasteiger charge is 2.33. The molecule has 0 saturated carbocycles. The lowest BCUT2D eigenvalue weighted by Gasteiger charge is -2.34. The summed E-state index contributed by atoms with van der Waals surface area (Å²) in [6.07, 6.45) is 0. The first-order valence-corrected chi connectivity index (χ1v) is 16.3. The Morgan fingerprint density at radius 2 is 0.860 bits per heavy atom. The van der Waals surface area contributed by atoms with Gasteiger partial charge in [-0.15, -0.1) is 0 Å². The Morgan fingerprint density at radius 1 is 0.442 bits per heavy atom. The van der Waals surface area contributed by atoms with Crippen LogP contribution in [0.4, 0.5) is 0 Å². The largest absolute Gasteiger partial charge is 0.449 e. The highest BCUT2D eigenvalue weighted by atomic mass is 31.1. The zero-order valence-electron chi connectivity index (χ0n) is 28.4. The minimum Gasteiger partial charge on any atom is -0.449 e. The zero-order chi connectivity index (χ0) is 32.0. The van der Waals surface area contributed by atoms with E-state index >= 15 is 0 Å². The van der Waals surface area contributed by atoms with Crippen LogP contribution in [0.25, 0.3) is 33.4 Å². The molecule has 0 amide bonds. The topological polar surface area (TPSA) is 29.5 Å². The molecule has 0 aromatic heterocycles. The number of benzene rings is 4. The van der Waals surface area contributed by atoms with E-state index < -0.39 is 9.03 Å². The molecule has 43 heavy (non-hydrogen) atoms. The second-order valence-corrected chi connectivity index (χ2v) is 16.3. The van der Waals surface area contributed by atoms with Crippen molar-refractivity contribution in [2.24, 2.45) is 0 Å². The normalized spacial score (nSPS) is 13.1. The van der Waals surface area contributed by atoms with Gasteiger partial charge in [-0.3, -0.25) is 0 Å². The molecule has 0 spiro atoms. The van der Waals surface area contributed by atoms with E-state index in [4.69, 9.17) is 4.52 Å². The van der Waals surface area contributed by atoms with Crippen LogP contribution in [0.15, 0.2) is 78.9 Å². The minimum absolute atomic E-state index is 0.0771. The Balaban J connectivity index is 2.37. The highest BCUT2D eigenvalue weighted by Crippen LogP contribution is 2.53. The predicted octanol–water partition coefficient (Wildman–Crippen LogP) is 11.8. The summed E-state index contributed by atoms with van der Waals surface area (Å²) >= 11 is 0. The zero-order valence-corrected chi connectivity index (χ0v) is 29.4. The maximum absolute atomic E-state index is 10.2. The van der Waals surface area contributed by atoms with Crippen LogP contribution in [0, 0.1) is 0 Å². The Hall–Kier alpha value is -2.93. The molecule has 228 valence electrons. The molecule has 3 heteroatoms. The van der Waals surface area contributed by atoms with Crippen molar-refractivity contribution >= 4 is 9.03 Å². The fourth-order valence-electron chi connectivity index (χ4n) is 6.24. The van der Waals surface area contributed by atoms with Crippen LogP contribution in [0.1, 0.15) is 105 Å². The molecule has 0 heterocycles. The average Bonchev–Trinajstić information content (AvgIpc) is 2.90. The van der Waals surface area contributed by atoms with E-state index in [1.54, 1.807) is 0 Å². The van der Waals surface area contributed by atoms with Gasteiger partial charge in [0.15, 0.2) is 0 Å². The third kappa shape index (κ3) is 6.77. The monoisotopic (exact) mass is 594 g/mol. The number of rotatable bonds is 5. The lowest BCUT2D eigenvalue weighted by molar-refractivity contribution is 0.515. The molecule has 0 aliphatic heterocycles. The van der Waals surface area contributed by atoms with E-state index in [-0.39, 0.29) is 21.7 Å². The Bertz CT molecular complexity index is 1520. The average molecular weight is 595 g/mol. The molecule has 1 atom stereocenters. The second-order valence-electron chi connectivity index (χ2n) is 15.9. The lowest BCUT2D eigenvalue weighted by Crippen LogP contribution is -2.20. The van der Waals surface area contributed by atoms with Gasteiger partial charge >= 0.3 is 0 Å². The Kier molecular flexibility index (Phi) is 9.10. The van der Waals surface area contributed by atoms with Crippen LogP contribution in [0.5, 0.6) is 5.75 Å². The smallest absolute Gasteiger partial charge is 0.212 e. The van der Waals surface area contributed by atoms with Gasteiger partial charge in [0.25, 0.3) is 0 Å². The van der Waals surface area contributed by atoms with Crippen molar-refractivity contribution in [3.8, 4) is 39.1 Å². The van der Waals surface area contributed by atoms with Gasteiger partial charge in [-0.1, -0.05) is 150 Å². The highest BCUT2D eigenvalue weighted by molar-refractivity contribution is 7.25. The second kappa shape index (κ2) is 11.9. The lowest BCUT2D eigenvalue weighted by atomic mass is 9.70.